The SMILES string of the molecule is CN(Cc1ccccc1)C(=O)N1CCN(C(=O)NCCCC(=O)O)CC1. The number of hydrogen-bond donors (Lipinski definition) is 2. The summed E-state index contributed by atoms with van der Waals surface area (Å²) < 4.78 is 0. The Bertz CT molecular complexity index is 615. The van der Waals surface area contributed by atoms with Crippen LogP contribution in [-0.4, -0.2) is 77.6 Å². The van der Waals surface area contributed by atoms with Gasteiger partial charge in [0.15, 0.2) is 0 Å². The van der Waals surface area contributed by atoms with E-state index in [0.717, 1.165) is 5.56 Å². The van der Waals surface area contributed by atoms with Gasteiger partial charge in [0, 0.05) is 52.7 Å². The van der Waals surface area contributed by atoms with Crippen LogP contribution in [0.15, 0.2) is 30.3 Å². The maximum atomic E-state index is 12.5. The summed E-state index contributed by atoms with van der Waals surface area (Å²) in [4.78, 5) is 40.1. The summed E-state index contributed by atoms with van der Waals surface area (Å²) in [7, 11) is 1.77. The molecule has 0 radical (unpaired) electrons. The minimum atomic E-state index is -0.869. The Kier molecular flexibility index (Phi) is 7.25. The molecular formula is C18H26N4O4. The first kappa shape index (κ1) is 19.6. The van der Waals surface area contributed by atoms with Crippen molar-refractivity contribution in [1.29, 1.82) is 0 Å². The second-order valence-electron chi connectivity index (χ2n) is 6.33. The number of hydrogen-bond acceptors (Lipinski definition) is 3. The summed E-state index contributed by atoms with van der Waals surface area (Å²) in [5.41, 5.74) is 1.07. The highest BCUT2D eigenvalue weighted by Crippen LogP contribution is 2.09. The Hall–Kier alpha value is -2.77. The summed E-state index contributed by atoms with van der Waals surface area (Å²) in [6, 6.07) is 9.54. The molecule has 1 aromatic rings. The monoisotopic (exact) mass is 362 g/mol. The molecule has 1 aromatic carbocycles. The lowest BCUT2D eigenvalue weighted by Gasteiger charge is -2.36. The maximum Gasteiger partial charge on any atom is 0.320 e. The summed E-state index contributed by atoms with van der Waals surface area (Å²) in [6.45, 7) is 2.79. The van der Waals surface area contributed by atoms with E-state index in [-0.39, 0.29) is 18.5 Å². The maximum absolute atomic E-state index is 12.5. The molecule has 0 atom stereocenters. The average molecular weight is 362 g/mol. The number of carboxylic acid groups (broad SMARTS) is 1. The fourth-order valence-corrected chi connectivity index (χ4v) is 2.81. The lowest BCUT2D eigenvalue weighted by Crippen LogP contribution is -2.55. The minimum Gasteiger partial charge on any atom is -0.481 e. The van der Waals surface area contributed by atoms with Crippen LogP contribution in [0.2, 0.25) is 0 Å². The highest BCUT2D eigenvalue weighted by molar-refractivity contribution is 5.76. The number of benzene rings is 1. The Morgan fingerprint density at radius 2 is 1.69 bits per heavy atom. The molecule has 8 heteroatoms. The lowest BCUT2D eigenvalue weighted by atomic mass is 10.2. The van der Waals surface area contributed by atoms with Crippen molar-refractivity contribution in [1.82, 2.24) is 20.0 Å². The molecule has 2 rings (SSSR count). The molecule has 1 fully saturated rings. The molecule has 4 amide bonds. The molecule has 142 valence electrons. The van der Waals surface area contributed by atoms with E-state index in [1.807, 2.05) is 30.3 Å². The quantitative estimate of drug-likeness (QED) is 0.749. The predicted octanol–water partition coefficient (Wildman–Crippen LogP) is 1.43. The number of amides is 4. The number of carbonyl (C=O) groups is 3. The molecule has 0 bridgehead atoms. The third-order valence-electron chi connectivity index (χ3n) is 4.27. The van der Waals surface area contributed by atoms with Gasteiger partial charge in [0.1, 0.15) is 0 Å². The van der Waals surface area contributed by atoms with E-state index in [1.165, 1.54) is 0 Å². The fraction of sp³-hybridized carbons (Fsp3) is 0.500. The summed E-state index contributed by atoms with van der Waals surface area (Å²) in [5, 5.41) is 11.3. The average Bonchev–Trinajstić information content (AvgIpc) is 2.65. The highest BCUT2D eigenvalue weighted by atomic mass is 16.4. The van der Waals surface area contributed by atoms with Crippen molar-refractivity contribution in [3.8, 4) is 0 Å². The van der Waals surface area contributed by atoms with Gasteiger partial charge in [0.05, 0.1) is 0 Å². The van der Waals surface area contributed by atoms with Crippen molar-refractivity contribution >= 4 is 18.0 Å². The molecule has 8 nitrogen and oxygen atoms in total. The van der Waals surface area contributed by atoms with Gasteiger partial charge in [-0.2, -0.15) is 0 Å². The number of piperazine rings is 1. The second-order valence-corrected chi connectivity index (χ2v) is 6.33. The van der Waals surface area contributed by atoms with Crippen molar-refractivity contribution in [2.75, 3.05) is 39.8 Å². The van der Waals surface area contributed by atoms with Gasteiger partial charge in [-0.3, -0.25) is 4.79 Å². The van der Waals surface area contributed by atoms with E-state index in [0.29, 0.717) is 45.7 Å². The number of carbonyl (C=O) groups excluding carboxylic acids is 2. The summed E-state index contributed by atoms with van der Waals surface area (Å²) in [5.74, 6) is -0.869. The normalized spacial score (nSPS) is 14.0. The third-order valence-corrected chi connectivity index (χ3v) is 4.27. The number of carboxylic acids is 1. The largest absolute Gasteiger partial charge is 0.481 e. The summed E-state index contributed by atoms with van der Waals surface area (Å²) in [6.07, 6.45) is 0.445. The molecule has 1 aliphatic rings. The Morgan fingerprint density at radius 1 is 1.08 bits per heavy atom. The van der Waals surface area contributed by atoms with Gasteiger partial charge >= 0.3 is 18.0 Å². The van der Waals surface area contributed by atoms with Crippen LogP contribution in [0.4, 0.5) is 9.59 Å². The molecule has 0 unspecified atom stereocenters. The van der Waals surface area contributed by atoms with Crippen LogP contribution < -0.4 is 5.32 Å². The van der Waals surface area contributed by atoms with Gasteiger partial charge < -0.3 is 25.1 Å². The van der Waals surface area contributed by atoms with Gasteiger partial charge in [-0.1, -0.05) is 30.3 Å². The highest BCUT2D eigenvalue weighted by Gasteiger charge is 2.25. The van der Waals surface area contributed by atoms with Crippen LogP contribution in [0, 0.1) is 0 Å². The van der Waals surface area contributed by atoms with E-state index in [9.17, 15) is 14.4 Å². The van der Waals surface area contributed by atoms with Crippen LogP contribution in [-0.2, 0) is 11.3 Å². The van der Waals surface area contributed by atoms with E-state index in [4.69, 9.17) is 5.11 Å². The molecule has 0 aliphatic carbocycles. The van der Waals surface area contributed by atoms with E-state index in [2.05, 4.69) is 5.32 Å². The molecule has 1 aliphatic heterocycles. The topological polar surface area (TPSA) is 93.2 Å². The molecule has 0 saturated carbocycles. The number of nitrogens with zero attached hydrogens (tertiary/aromatic N) is 3. The summed E-state index contributed by atoms with van der Waals surface area (Å²) >= 11 is 0. The first-order valence-corrected chi connectivity index (χ1v) is 8.76. The van der Waals surface area contributed by atoms with E-state index < -0.39 is 5.97 Å². The van der Waals surface area contributed by atoms with Crippen LogP contribution in [0.3, 0.4) is 0 Å². The third kappa shape index (κ3) is 5.94. The number of urea groups is 2. The molecule has 1 saturated heterocycles. The van der Waals surface area contributed by atoms with Crippen molar-refractivity contribution in [2.24, 2.45) is 0 Å². The zero-order valence-corrected chi connectivity index (χ0v) is 15.1. The van der Waals surface area contributed by atoms with E-state index in [1.54, 1.807) is 21.7 Å². The Labute approximate surface area is 153 Å². The van der Waals surface area contributed by atoms with Gasteiger partial charge in [-0.05, 0) is 12.0 Å². The smallest absolute Gasteiger partial charge is 0.320 e. The van der Waals surface area contributed by atoms with Gasteiger partial charge in [-0.15, -0.1) is 0 Å². The van der Waals surface area contributed by atoms with Crippen molar-refractivity contribution in [3.05, 3.63) is 35.9 Å². The molecule has 26 heavy (non-hydrogen) atoms. The standard InChI is InChI=1S/C18H26N4O4/c1-20(14-15-6-3-2-4-7-15)18(26)22-12-10-21(11-13-22)17(25)19-9-5-8-16(23)24/h2-4,6-7H,5,8-14H2,1H3,(H,19,25)(H,23,24). The predicted molar refractivity (Wildman–Crippen MR) is 96.7 cm³/mol. The van der Waals surface area contributed by atoms with Crippen molar-refractivity contribution in [2.45, 2.75) is 19.4 Å². The molecule has 0 aromatic heterocycles. The first-order chi connectivity index (χ1) is 12.5. The fourth-order valence-electron chi connectivity index (χ4n) is 2.81. The second kappa shape index (κ2) is 9.65. The Morgan fingerprint density at radius 3 is 2.31 bits per heavy atom. The molecular weight excluding hydrogens is 336 g/mol. The molecule has 1 heterocycles. The molecule has 0 spiro atoms. The lowest BCUT2D eigenvalue weighted by molar-refractivity contribution is -0.137. The van der Waals surface area contributed by atoms with Crippen molar-refractivity contribution in [3.63, 3.8) is 0 Å². The van der Waals surface area contributed by atoms with Gasteiger partial charge in [0.2, 0.25) is 0 Å². The van der Waals surface area contributed by atoms with E-state index >= 15 is 0 Å². The number of aliphatic carboxylic acids is 1. The number of rotatable bonds is 6. The molecule has 2 N–H and O–H groups in total. The minimum absolute atomic E-state index is 0.0380. The zero-order valence-electron chi connectivity index (χ0n) is 15.1. The Balaban J connectivity index is 1.72. The van der Waals surface area contributed by atoms with Gasteiger partial charge in [0.25, 0.3) is 0 Å². The van der Waals surface area contributed by atoms with Crippen LogP contribution >= 0.6 is 0 Å². The first-order valence-electron chi connectivity index (χ1n) is 8.76. The van der Waals surface area contributed by atoms with Crippen LogP contribution in [0.25, 0.3) is 0 Å². The van der Waals surface area contributed by atoms with Crippen LogP contribution in [0.1, 0.15) is 18.4 Å². The van der Waals surface area contributed by atoms with Gasteiger partial charge in [-0.25, -0.2) is 9.59 Å². The van der Waals surface area contributed by atoms with Crippen LogP contribution in [0.5, 0.6) is 0 Å². The number of nitrogens with one attached hydrogen (secondary N) is 1. The van der Waals surface area contributed by atoms with Crippen molar-refractivity contribution < 1.29 is 19.5 Å². The zero-order chi connectivity index (χ0) is 18.9.